The lowest BCUT2D eigenvalue weighted by Gasteiger charge is -2.14. The predicted octanol–water partition coefficient (Wildman–Crippen LogP) is 6.30. The molecule has 2 rings (SSSR count). The Kier molecular flexibility index (Phi) is 8.93. The minimum absolute atomic E-state index is 0.594. The molecule has 1 atom stereocenters. The topological polar surface area (TPSA) is 12.0 Å². The molecular weight excluding hydrogens is 290 g/mol. The van der Waals surface area contributed by atoms with Gasteiger partial charge in [0.2, 0.25) is 0 Å². The highest BCUT2D eigenvalue weighted by Gasteiger charge is 2.07. The Labute approximate surface area is 148 Å². The molecular formula is C23H33N. The molecule has 0 aliphatic heterocycles. The largest absolute Gasteiger partial charge is 0.388 e. The second-order valence-corrected chi connectivity index (χ2v) is 6.02. The van der Waals surface area contributed by atoms with E-state index in [4.69, 9.17) is 0 Å². The maximum Gasteiger partial charge on any atom is 0.0417 e. The van der Waals surface area contributed by atoms with Crippen molar-refractivity contribution in [1.29, 1.82) is 0 Å². The van der Waals surface area contributed by atoms with E-state index in [0.717, 1.165) is 24.1 Å². The summed E-state index contributed by atoms with van der Waals surface area (Å²) in [4.78, 5) is 0. The fraction of sp³-hybridized carbons (Fsp3) is 0.391. The van der Waals surface area contributed by atoms with Gasteiger partial charge in [-0.1, -0.05) is 83.2 Å². The van der Waals surface area contributed by atoms with Crippen molar-refractivity contribution in [2.45, 2.75) is 47.0 Å². The van der Waals surface area contributed by atoms with Crippen LogP contribution in [-0.4, -0.2) is 7.05 Å². The molecule has 1 heteroatoms. The molecule has 0 heterocycles. The van der Waals surface area contributed by atoms with Crippen LogP contribution < -0.4 is 5.32 Å². The van der Waals surface area contributed by atoms with Crippen molar-refractivity contribution in [3.05, 3.63) is 77.4 Å². The molecule has 0 fully saturated rings. The first-order valence-corrected chi connectivity index (χ1v) is 9.20. The van der Waals surface area contributed by atoms with Gasteiger partial charge in [0.15, 0.2) is 0 Å². The lowest BCUT2D eigenvalue weighted by Crippen LogP contribution is -2.06. The fourth-order valence-electron chi connectivity index (χ4n) is 2.75. The van der Waals surface area contributed by atoms with E-state index in [-0.39, 0.29) is 0 Å². The third-order valence-corrected chi connectivity index (χ3v) is 4.03. The highest BCUT2D eigenvalue weighted by molar-refractivity contribution is 5.69. The van der Waals surface area contributed by atoms with Gasteiger partial charge in [-0.15, -0.1) is 0 Å². The van der Waals surface area contributed by atoms with Crippen LogP contribution in [0.15, 0.2) is 66.3 Å². The molecule has 1 nitrogen and oxygen atoms in total. The van der Waals surface area contributed by atoms with Crippen molar-refractivity contribution in [3.63, 3.8) is 0 Å². The number of rotatable bonds is 6. The van der Waals surface area contributed by atoms with Crippen molar-refractivity contribution in [3.8, 4) is 0 Å². The van der Waals surface area contributed by atoms with Gasteiger partial charge in [0.1, 0.15) is 0 Å². The van der Waals surface area contributed by atoms with Crippen LogP contribution in [0.3, 0.4) is 0 Å². The maximum absolute atomic E-state index is 4.24. The van der Waals surface area contributed by atoms with Crippen LogP contribution >= 0.6 is 0 Å². The average molecular weight is 324 g/mol. The van der Waals surface area contributed by atoms with Gasteiger partial charge in [-0.25, -0.2) is 0 Å². The van der Waals surface area contributed by atoms with Crippen LogP contribution in [0.1, 0.15) is 51.7 Å². The van der Waals surface area contributed by atoms with E-state index in [1.54, 1.807) is 0 Å². The molecule has 0 aromatic heterocycles. The van der Waals surface area contributed by atoms with Gasteiger partial charge in [0, 0.05) is 12.7 Å². The summed E-state index contributed by atoms with van der Waals surface area (Å²) in [5.41, 5.74) is 6.00. The van der Waals surface area contributed by atoms with E-state index < -0.39 is 0 Å². The zero-order valence-electron chi connectivity index (χ0n) is 16.0. The minimum atomic E-state index is 0.594. The normalized spacial score (nSPS) is 16.8. The van der Waals surface area contributed by atoms with Crippen LogP contribution in [0.2, 0.25) is 0 Å². The Morgan fingerprint density at radius 3 is 2.46 bits per heavy atom. The molecule has 1 aliphatic rings. The first-order valence-electron chi connectivity index (χ1n) is 9.20. The van der Waals surface area contributed by atoms with Gasteiger partial charge in [0.25, 0.3) is 0 Å². The summed E-state index contributed by atoms with van der Waals surface area (Å²) in [6.45, 7) is 12.7. The van der Waals surface area contributed by atoms with E-state index in [9.17, 15) is 0 Å². The molecule has 1 aliphatic carbocycles. The third kappa shape index (κ3) is 5.88. The molecule has 24 heavy (non-hydrogen) atoms. The smallest absolute Gasteiger partial charge is 0.0417 e. The molecule has 1 unspecified atom stereocenters. The molecule has 0 saturated heterocycles. The van der Waals surface area contributed by atoms with Crippen LogP contribution in [0.25, 0.3) is 5.70 Å². The van der Waals surface area contributed by atoms with Gasteiger partial charge in [-0.2, -0.15) is 0 Å². The number of allylic oxidation sites excluding steroid dienone is 6. The summed E-state index contributed by atoms with van der Waals surface area (Å²) in [5, 5.41) is 3.30. The second kappa shape index (κ2) is 10.7. The Balaban J connectivity index is 0.00000139. The third-order valence-electron chi connectivity index (χ3n) is 4.03. The van der Waals surface area contributed by atoms with Gasteiger partial charge >= 0.3 is 0 Å². The predicted molar refractivity (Wildman–Crippen MR) is 109 cm³/mol. The Bertz CT molecular complexity index is 599. The van der Waals surface area contributed by atoms with Crippen LogP contribution in [0.4, 0.5) is 0 Å². The van der Waals surface area contributed by atoms with Gasteiger partial charge < -0.3 is 5.32 Å². The minimum Gasteiger partial charge on any atom is -0.388 e. The molecule has 0 radical (unpaired) electrons. The second-order valence-electron chi connectivity index (χ2n) is 6.02. The van der Waals surface area contributed by atoms with Crippen LogP contribution in [-0.2, 0) is 6.42 Å². The SMILES string of the molecule is C=C(/C=C(\NC)c1ccc(CCC)cc1)C1=CC(C)CC=C1.CC. The zero-order valence-corrected chi connectivity index (χ0v) is 16.0. The Morgan fingerprint density at radius 1 is 1.25 bits per heavy atom. The van der Waals surface area contributed by atoms with Crippen LogP contribution in [0, 0.1) is 5.92 Å². The monoisotopic (exact) mass is 323 g/mol. The molecule has 0 spiro atoms. The standard InChI is InChI=1S/C21H27N.C2H6/c1-5-7-18-10-12-19(13-11-18)21(22-4)15-17(3)20-9-6-8-16(2)14-20;1-2/h6,9-16,22H,3,5,7-8H2,1-2,4H3;1-2H3/b21-15-;. The van der Waals surface area contributed by atoms with E-state index in [0.29, 0.717) is 5.92 Å². The van der Waals surface area contributed by atoms with E-state index in [2.05, 4.69) is 74.3 Å². The Morgan fingerprint density at radius 2 is 1.92 bits per heavy atom. The van der Waals surface area contributed by atoms with Crippen molar-refractivity contribution in [1.82, 2.24) is 5.32 Å². The quantitative estimate of drug-likeness (QED) is 0.605. The average Bonchev–Trinajstić information content (AvgIpc) is 2.62. The Hall–Kier alpha value is -2.02. The summed E-state index contributed by atoms with van der Waals surface area (Å²) < 4.78 is 0. The summed E-state index contributed by atoms with van der Waals surface area (Å²) >= 11 is 0. The zero-order chi connectivity index (χ0) is 17.9. The highest BCUT2D eigenvalue weighted by Crippen LogP contribution is 2.24. The first-order chi connectivity index (χ1) is 11.6. The molecule has 130 valence electrons. The molecule has 0 saturated carbocycles. The summed E-state index contributed by atoms with van der Waals surface area (Å²) in [6.07, 6.45) is 12.3. The number of hydrogen-bond acceptors (Lipinski definition) is 1. The molecule has 0 bridgehead atoms. The fourth-order valence-corrected chi connectivity index (χ4v) is 2.75. The number of hydrogen-bond donors (Lipinski definition) is 1. The molecule has 1 aromatic rings. The highest BCUT2D eigenvalue weighted by atomic mass is 14.8. The van der Waals surface area contributed by atoms with Gasteiger partial charge in [-0.3, -0.25) is 0 Å². The lowest BCUT2D eigenvalue weighted by atomic mass is 9.93. The van der Waals surface area contributed by atoms with E-state index in [1.165, 1.54) is 23.1 Å². The lowest BCUT2D eigenvalue weighted by molar-refractivity contribution is 0.731. The van der Waals surface area contributed by atoms with Crippen molar-refractivity contribution in [2.75, 3.05) is 7.05 Å². The summed E-state index contributed by atoms with van der Waals surface area (Å²) in [6, 6.07) is 8.81. The van der Waals surface area contributed by atoms with E-state index >= 15 is 0 Å². The van der Waals surface area contributed by atoms with Crippen molar-refractivity contribution >= 4 is 5.70 Å². The summed E-state index contributed by atoms with van der Waals surface area (Å²) in [5.74, 6) is 0.594. The molecule has 1 N–H and O–H groups in total. The van der Waals surface area contributed by atoms with Gasteiger partial charge in [-0.05, 0) is 47.1 Å². The van der Waals surface area contributed by atoms with Crippen molar-refractivity contribution < 1.29 is 0 Å². The first kappa shape index (κ1) is 20.0. The van der Waals surface area contributed by atoms with Crippen LogP contribution in [0.5, 0.6) is 0 Å². The van der Waals surface area contributed by atoms with E-state index in [1.807, 2.05) is 20.9 Å². The number of nitrogens with one attached hydrogen (secondary N) is 1. The number of aryl methyl sites for hydroxylation is 1. The number of benzene rings is 1. The molecule has 0 amide bonds. The van der Waals surface area contributed by atoms with Gasteiger partial charge in [0.05, 0.1) is 0 Å². The summed E-state index contributed by atoms with van der Waals surface area (Å²) in [7, 11) is 1.97. The van der Waals surface area contributed by atoms with Crippen molar-refractivity contribution in [2.24, 2.45) is 5.92 Å². The molecule has 1 aromatic carbocycles. The maximum atomic E-state index is 4.24.